The average Bonchev–Trinajstić information content (AvgIpc) is 2.67. The summed E-state index contributed by atoms with van der Waals surface area (Å²) in [6.07, 6.45) is 0.728. The van der Waals surface area contributed by atoms with Crippen molar-refractivity contribution in [1.82, 2.24) is 0 Å². The molecule has 14 heavy (non-hydrogen) atoms. The van der Waals surface area contributed by atoms with Crippen LogP contribution in [0.3, 0.4) is 0 Å². The Morgan fingerprint density at radius 3 is 2.71 bits per heavy atom. The summed E-state index contributed by atoms with van der Waals surface area (Å²) >= 11 is 0. The first-order chi connectivity index (χ1) is 6.79. The molecule has 0 radical (unpaired) electrons. The Morgan fingerprint density at radius 1 is 1.36 bits per heavy atom. The fourth-order valence-electron chi connectivity index (χ4n) is 2.03. The van der Waals surface area contributed by atoms with Gasteiger partial charge in [-0.2, -0.15) is 0 Å². The lowest BCUT2D eigenvalue weighted by Crippen LogP contribution is -2.22. The molecule has 1 aliphatic rings. The van der Waals surface area contributed by atoms with Crippen LogP contribution in [0.4, 0.5) is 0 Å². The molecule has 2 heteroatoms. The third kappa shape index (κ3) is 1.70. The maximum absolute atomic E-state index is 11.3. The van der Waals surface area contributed by atoms with E-state index < -0.39 is 0 Å². The summed E-state index contributed by atoms with van der Waals surface area (Å²) in [5, 5.41) is 0. The van der Waals surface area contributed by atoms with E-state index in [2.05, 4.69) is 12.1 Å². The first-order valence-electron chi connectivity index (χ1n) is 4.96. The van der Waals surface area contributed by atoms with Gasteiger partial charge in [0.25, 0.3) is 0 Å². The van der Waals surface area contributed by atoms with Crippen molar-refractivity contribution in [3.05, 3.63) is 35.9 Å². The van der Waals surface area contributed by atoms with E-state index in [-0.39, 0.29) is 17.8 Å². The summed E-state index contributed by atoms with van der Waals surface area (Å²) < 4.78 is 5.43. The van der Waals surface area contributed by atoms with Crippen LogP contribution in [-0.4, -0.2) is 18.5 Å². The largest absolute Gasteiger partial charge is 0.370 e. The normalized spacial score (nSPS) is 26.4. The summed E-state index contributed by atoms with van der Waals surface area (Å²) in [6, 6.07) is 10.1. The average molecular weight is 190 g/mol. The molecular formula is C12H14O2. The first kappa shape index (κ1) is 9.41. The number of carbonyl (C=O) groups is 1. The molecule has 0 amide bonds. The van der Waals surface area contributed by atoms with E-state index in [0.29, 0.717) is 6.61 Å². The smallest absolute Gasteiger partial charge is 0.159 e. The number of rotatable bonds is 2. The summed E-state index contributed by atoms with van der Waals surface area (Å²) in [5.74, 6) is 0.394. The zero-order chi connectivity index (χ0) is 9.97. The topological polar surface area (TPSA) is 26.3 Å². The molecule has 1 aliphatic heterocycles. The van der Waals surface area contributed by atoms with Crippen molar-refractivity contribution >= 4 is 5.78 Å². The van der Waals surface area contributed by atoms with Gasteiger partial charge < -0.3 is 4.74 Å². The highest BCUT2D eigenvalue weighted by Gasteiger charge is 2.32. The standard InChI is InChI=1S/C12H14O2/c1-9(13)12-11(7-8-14-12)10-5-3-2-4-6-10/h2-6,11-12H,7-8H2,1H3/t11-,12+/m1/s1. The van der Waals surface area contributed by atoms with Crippen molar-refractivity contribution in [2.24, 2.45) is 0 Å². The maximum atomic E-state index is 11.3. The number of ketones is 1. The van der Waals surface area contributed by atoms with Crippen LogP contribution in [0.2, 0.25) is 0 Å². The van der Waals surface area contributed by atoms with E-state index in [1.54, 1.807) is 6.92 Å². The SMILES string of the molecule is CC(=O)[C@@H]1OCC[C@@H]1c1ccccc1. The van der Waals surface area contributed by atoms with Crippen molar-refractivity contribution < 1.29 is 9.53 Å². The molecule has 1 heterocycles. The Morgan fingerprint density at radius 2 is 2.07 bits per heavy atom. The van der Waals surface area contributed by atoms with E-state index in [1.165, 1.54) is 5.56 Å². The second kappa shape index (κ2) is 3.93. The van der Waals surface area contributed by atoms with Gasteiger partial charge in [0.05, 0.1) is 0 Å². The minimum atomic E-state index is -0.225. The van der Waals surface area contributed by atoms with Gasteiger partial charge in [-0.1, -0.05) is 30.3 Å². The van der Waals surface area contributed by atoms with E-state index in [4.69, 9.17) is 4.74 Å². The fourth-order valence-corrected chi connectivity index (χ4v) is 2.03. The molecule has 0 spiro atoms. The van der Waals surface area contributed by atoms with Gasteiger partial charge in [0.15, 0.2) is 5.78 Å². The predicted molar refractivity (Wildman–Crippen MR) is 54.2 cm³/mol. The summed E-state index contributed by atoms with van der Waals surface area (Å²) in [6.45, 7) is 2.30. The Hall–Kier alpha value is -1.15. The molecule has 0 aliphatic carbocycles. The summed E-state index contributed by atoms with van der Waals surface area (Å²) in [4.78, 5) is 11.3. The van der Waals surface area contributed by atoms with Gasteiger partial charge in [-0.05, 0) is 18.9 Å². The number of Topliss-reactive ketones (excluding diaryl/α,β-unsaturated/α-hetero) is 1. The van der Waals surface area contributed by atoms with Crippen LogP contribution in [0, 0.1) is 0 Å². The molecule has 0 unspecified atom stereocenters. The van der Waals surface area contributed by atoms with Gasteiger partial charge >= 0.3 is 0 Å². The van der Waals surface area contributed by atoms with Gasteiger partial charge in [0.1, 0.15) is 6.10 Å². The summed E-state index contributed by atoms with van der Waals surface area (Å²) in [5.41, 5.74) is 1.21. The first-order valence-corrected chi connectivity index (χ1v) is 4.96. The Balaban J connectivity index is 2.22. The monoisotopic (exact) mass is 190 g/mol. The maximum Gasteiger partial charge on any atom is 0.159 e. The Labute approximate surface area is 83.9 Å². The van der Waals surface area contributed by atoms with Crippen LogP contribution in [0.25, 0.3) is 0 Å². The van der Waals surface area contributed by atoms with Crippen LogP contribution >= 0.6 is 0 Å². The molecule has 2 atom stereocenters. The van der Waals surface area contributed by atoms with Crippen molar-refractivity contribution in [2.45, 2.75) is 25.4 Å². The van der Waals surface area contributed by atoms with Crippen LogP contribution in [0.5, 0.6) is 0 Å². The highest BCUT2D eigenvalue weighted by molar-refractivity contribution is 5.81. The molecule has 1 saturated heterocycles. The molecule has 74 valence electrons. The second-order valence-electron chi connectivity index (χ2n) is 3.71. The van der Waals surface area contributed by atoms with Crippen molar-refractivity contribution in [3.8, 4) is 0 Å². The highest BCUT2D eigenvalue weighted by atomic mass is 16.5. The lowest BCUT2D eigenvalue weighted by atomic mass is 9.91. The molecule has 2 rings (SSSR count). The van der Waals surface area contributed by atoms with Gasteiger partial charge in [-0.25, -0.2) is 0 Å². The Bertz CT molecular complexity index is 318. The fraction of sp³-hybridized carbons (Fsp3) is 0.417. The minimum absolute atomic E-state index is 0.136. The van der Waals surface area contributed by atoms with Crippen LogP contribution in [0.15, 0.2) is 30.3 Å². The number of hydrogen-bond acceptors (Lipinski definition) is 2. The molecule has 1 fully saturated rings. The molecular weight excluding hydrogens is 176 g/mol. The van der Waals surface area contributed by atoms with Crippen LogP contribution in [-0.2, 0) is 9.53 Å². The third-order valence-electron chi connectivity index (χ3n) is 2.72. The number of hydrogen-bond donors (Lipinski definition) is 0. The molecule has 1 aromatic rings. The molecule has 0 N–H and O–H groups in total. The van der Waals surface area contributed by atoms with Crippen molar-refractivity contribution in [2.75, 3.05) is 6.61 Å². The molecule has 1 aromatic carbocycles. The Kier molecular flexibility index (Phi) is 2.64. The number of ether oxygens (including phenoxy) is 1. The molecule has 2 nitrogen and oxygen atoms in total. The van der Waals surface area contributed by atoms with Crippen molar-refractivity contribution in [1.29, 1.82) is 0 Å². The van der Waals surface area contributed by atoms with Gasteiger partial charge in [-0.15, -0.1) is 0 Å². The molecule has 0 bridgehead atoms. The van der Waals surface area contributed by atoms with Gasteiger partial charge in [-0.3, -0.25) is 4.79 Å². The second-order valence-corrected chi connectivity index (χ2v) is 3.71. The number of benzene rings is 1. The predicted octanol–water partition coefficient (Wildman–Crippen LogP) is 2.15. The van der Waals surface area contributed by atoms with Crippen molar-refractivity contribution in [3.63, 3.8) is 0 Å². The quantitative estimate of drug-likeness (QED) is 0.714. The minimum Gasteiger partial charge on any atom is -0.370 e. The zero-order valence-electron chi connectivity index (χ0n) is 8.27. The van der Waals surface area contributed by atoms with E-state index in [9.17, 15) is 4.79 Å². The van der Waals surface area contributed by atoms with E-state index in [0.717, 1.165) is 6.42 Å². The zero-order valence-corrected chi connectivity index (χ0v) is 8.27. The van der Waals surface area contributed by atoms with E-state index >= 15 is 0 Å². The molecule has 0 saturated carbocycles. The van der Waals surface area contributed by atoms with Gasteiger partial charge in [0.2, 0.25) is 0 Å². The molecule has 0 aromatic heterocycles. The lowest BCUT2D eigenvalue weighted by Gasteiger charge is -2.15. The lowest BCUT2D eigenvalue weighted by molar-refractivity contribution is -0.126. The van der Waals surface area contributed by atoms with Gasteiger partial charge in [0, 0.05) is 12.5 Å². The highest BCUT2D eigenvalue weighted by Crippen LogP contribution is 2.31. The number of carbonyl (C=O) groups excluding carboxylic acids is 1. The summed E-state index contributed by atoms with van der Waals surface area (Å²) in [7, 11) is 0. The van der Waals surface area contributed by atoms with E-state index in [1.807, 2.05) is 18.2 Å². The third-order valence-corrected chi connectivity index (χ3v) is 2.72. The van der Waals surface area contributed by atoms with Crippen LogP contribution in [0.1, 0.15) is 24.8 Å². The van der Waals surface area contributed by atoms with Crippen LogP contribution < -0.4 is 0 Å².